The molecule has 0 aromatic carbocycles. The lowest BCUT2D eigenvalue weighted by atomic mass is 9.99. The Balaban J connectivity index is 2.56. The largest absolute Gasteiger partial charge is 0.427 e. The molecule has 1 aliphatic heterocycles. The molecule has 0 saturated heterocycles. The lowest BCUT2D eigenvalue weighted by molar-refractivity contribution is -0.138. The van der Waals surface area contributed by atoms with Crippen molar-refractivity contribution in [2.24, 2.45) is 10.2 Å². The molecule has 1 aliphatic rings. The van der Waals surface area contributed by atoms with Crippen molar-refractivity contribution in [2.75, 3.05) is 6.54 Å². The maximum Gasteiger partial charge on any atom is 0.281 e. The van der Waals surface area contributed by atoms with Gasteiger partial charge in [-0.2, -0.15) is 9.99 Å². The summed E-state index contributed by atoms with van der Waals surface area (Å²) in [6.45, 7) is 5.33. The Bertz CT molecular complexity index is 886. The zero-order valence-corrected chi connectivity index (χ0v) is 14.4. The smallest absolute Gasteiger partial charge is 0.281 e. The number of imide groups is 1. The molecule has 0 spiro atoms. The third-order valence-electron chi connectivity index (χ3n) is 3.87. The Labute approximate surface area is 145 Å². The van der Waals surface area contributed by atoms with Gasteiger partial charge in [0.05, 0.1) is 5.69 Å². The third kappa shape index (κ3) is 3.50. The van der Waals surface area contributed by atoms with Crippen LogP contribution in [0.2, 0.25) is 0 Å². The number of nitriles is 1. The first-order valence-electron chi connectivity index (χ1n) is 7.89. The molecule has 130 valence electrons. The van der Waals surface area contributed by atoms with Gasteiger partial charge in [0.1, 0.15) is 11.6 Å². The van der Waals surface area contributed by atoms with Crippen LogP contribution in [-0.4, -0.2) is 38.9 Å². The van der Waals surface area contributed by atoms with Crippen LogP contribution in [0, 0.1) is 18.3 Å². The maximum atomic E-state index is 12.6. The summed E-state index contributed by atoms with van der Waals surface area (Å²) in [4.78, 5) is 25.9. The van der Waals surface area contributed by atoms with Crippen molar-refractivity contribution in [3.63, 3.8) is 0 Å². The molecule has 0 radical (unpaired) electrons. The van der Waals surface area contributed by atoms with E-state index in [4.69, 9.17) is 0 Å². The van der Waals surface area contributed by atoms with Crippen molar-refractivity contribution in [1.82, 2.24) is 9.63 Å². The van der Waals surface area contributed by atoms with Crippen LogP contribution in [0.3, 0.4) is 0 Å². The highest BCUT2D eigenvalue weighted by molar-refractivity contribution is 6.50. The van der Waals surface area contributed by atoms with E-state index < -0.39 is 11.8 Å². The molecule has 0 unspecified atom stereocenters. The monoisotopic (exact) mass is 341 g/mol. The van der Waals surface area contributed by atoms with E-state index in [1.807, 2.05) is 13.0 Å². The van der Waals surface area contributed by atoms with Crippen molar-refractivity contribution in [3.05, 3.63) is 40.5 Å². The first-order valence-corrected chi connectivity index (χ1v) is 7.89. The molecular formula is C17H19N5O3. The second-order valence-corrected chi connectivity index (χ2v) is 5.61. The van der Waals surface area contributed by atoms with Crippen LogP contribution in [-0.2, 0) is 9.59 Å². The molecule has 2 amide bonds. The molecule has 2 heterocycles. The number of hydrogen-bond donors (Lipinski definition) is 1. The minimum atomic E-state index is -0.606. The fourth-order valence-corrected chi connectivity index (χ4v) is 2.34. The summed E-state index contributed by atoms with van der Waals surface area (Å²) in [5.74, 6) is -1.19. The number of pyridine rings is 1. The van der Waals surface area contributed by atoms with Crippen LogP contribution in [0.25, 0.3) is 0 Å². The third-order valence-corrected chi connectivity index (χ3v) is 3.87. The number of amides is 2. The summed E-state index contributed by atoms with van der Waals surface area (Å²) in [5, 5.41) is 27.0. The van der Waals surface area contributed by atoms with Gasteiger partial charge in [0.2, 0.25) is 0 Å². The number of nitrogens with zero attached hydrogens (tertiary/aromatic N) is 5. The molecular weight excluding hydrogens is 322 g/mol. The van der Waals surface area contributed by atoms with Crippen molar-refractivity contribution >= 4 is 17.5 Å². The summed E-state index contributed by atoms with van der Waals surface area (Å²) in [5.41, 5.74) is 0.662. The molecule has 0 aliphatic carbocycles. The fourth-order valence-electron chi connectivity index (χ4n) is 2.34. The topological polar surface area (TPSA) is 111 Å². The average molecular weight is 341 g/mol. The van der Waals surface area contributed by atoms with Crippen molar-refractivity contribution in [2.45, 2.75) is 33.6 Å². The molecule has 0 fully saturated rings. The van der Waals surface area contributed by atoms with Gasteiger partial charge in [0.25, 0.3) is 11.8 Å². The van der Waals surface area contributed by atoms with Gasteiger partial charge in [0, 0.05) is 12.1 Å². The summed E-state index contributed by atoms with van der Waals surface area (Å²) in [6.07, 6.45) is 1.43. The Morgan fingerprint density at radius 2 is 1.92 bits per heavy atom. The number of hydrogen-bond acceptors (Lipinski definition) is 6. The van der Waals surface area contributed by atoms with Crippen LogP contribution in [0.4, 0.5) is 0 Å². The Kier molecular flexibility index (Phi) is 5.49. The number of aromatic nitrogens is 1. The number of carbonyl (C=O) groups is 2. The predicted molar refractivity (Wildman–Crippen MR) is 89.3 cm³/mol. The number of unbranched alkanes of at least 4 members (excludes halogenated alkanes) is 1. The Hall–Kier alpha value is -3.21. The van der Waals surface area contributed by atoms with Gasteiger partial charge in [-0.1, -0.05) is 19.4 Å². The van der Waals surface area contributed by atoms with Gasteiger partial charge in [0.15, 0.2) is 11.2 Å². The number of aryl methyl sites for hydroxylation is 1. The van der Waals surface area contributed by atoms with Gasteiger partial charge in [-0.25, -0.2) is 0 Å². The second kappa shape index (κ2) is 7.57. The highest BCUT2D eigenvalue weighted by atomic mass is 16.5. The van der Waals surface area contributed by atoms with Gasteiger partial charge in [-0.05, 0) is 32.4 Å². The van der Waals surface area contributed by atoms with Crippen LogP contribution >= 0.6 is 0 Å². The van der Waals surface area contributed by atoms with E-state index in [-0.39, 0.29) is 28.9 Å². The zero-order chi connectivity index (χ0) is 18.6. The second-order valence-electron chi connectivity index (χ2n) is 5.61. The lowest BCUT2D eigenvalue weighted by Gasteiger charge is -2.25. The SMILES string of the molecule is CCCCN1C(=O)C(=NN=c2cccc(C)n2O)C(C)=C(C#N)C1=O. The molecule has 0 bridgehead atoms. The highest BCUT2D eigenvalue weighted by Gasteiger charge is 2.36. The molecule has 25 heavy (non-hydrogen) atoms. The van der Waals surface area contributed by atoms with E-state index in [0.717, 1.165) is 16.1 Å². The van der Waals surface area contributed by atoms with E-state index in [9.17, 15) is 20.1 Å². The minimum absolute atomic E-state index is 0.0752. The summed E-state index contributed by atoms with van der Waals surface area (Å²) in [7, 11) is 0. The molecule has 1 aromatic rings. The van der Waals surface area contributed by atoms with E-state index in [1.54, 1.807) is 19.1 Å². The van der Waals surface area contributed by atoms with Gasteiger partial charge in [-0.15, -0.1) is 10.2 Å². The summed E-state index contributed by atoms with van der Waals surface area (Å²) >= 11 is 0. The molecule has 1 aromatic heterocycles. The van der Waals surface area contributed by atoms with E-state index in [2.05, 4.69) is 10.2 Å². The van der Waals surface area contributed by atoms with E-state index in [0.29, 0.717) is 12.1 Å². The fraction of sp³-hybridized carbons (Fsp3) is 0.353. The molecule has 1 N–H and O–H groups in total. The molecule has 8 nitrogen and oxygen atoms in total. The van der Waals surface area contributed by atoms with Gasteiger partial charge >= 0.3 is 0 Å². The van der Waals surface area contributed by atoms with E-state index >= 15 is 0 Å². The minimum Gasteiger partial charge on any atom is -0.427 e. The van der Waals surface area contributed by atoms with Crippen molar-refractivity contribution < 1.29 is 14.8 Å². The first kappa shape index (κ1) is 18.1. The van der Waals surface area contributed by atoms with E-state index in [1.165, 1.54) is 13.0 Å². The highest BCUT2D eigenvalue weighted by Crippen LogP contribution is 2.19. The van der Waals surface area contributed by atoms with Crippen molar-refractivity contribution in [3.8, 4) is 6.07 Å². The van der Waals surface area contributed by atoms with Gasteiger partial charge in [-0.3, -0.25) is 14.5 Å². The number of carbonyl (C=O) groups excluding carboxylic acids is 2. The molecule has 2 rings (SSSR count). The zero-order valence-electron chi connectivity index (χ0n) is 14.4. The van der Waals surface area contributed by atoms with Gasteiger partial charge < -0.3 is 5.21 Å². The number of rotatable bonds is 4. The maximum absolute atomic E-state index is 12.6. The van der Waals surface area contributed by atoms with Crippen LogP contribution in [0.15, 0.2) is 39.5 Å². The predicted octanol–water partition coefficient (Wildman–Crippen LogP) is 1.30. The Morgan fingerprint density at radius 1 is 1.20 bits per heavy atom. The standard InChI is InChI=1S/C17H19N5O3/c1-4-5-9-21-16(23)13(10-18)12(3)15(17(21)24)20-19-14-8-6-7-11(2)22(14)25/h6-8,25H,4-5,9H2,1-3H3. The summed E-state index contributed by atoms with van der Waals surface area (Å²) in [6, 6.07) is 6.73. The Morgan fingerprint density at radius 3 is 2.56 bits per heavy atom. The van der Waals surface area contributed by atoms with Crippen LogP contribution < -0.4 is 5.49 Å². The van der Waals surface area contributed by atoms with Crippen molar-refractivity contribution in [1.29, 1.82) is 5.26 Å². The first-order chi connectivity index (χ1) is 11.9. The summed E-state index contributed by atoms with van der Waals surface area (Å²) < 4.78 is 0.835. The quantitative estimate of drug-likeness (QED) is 0.505. The normalized spacial score (nSPS) is 17.4. The molecule has 0 atom stereocenters. The molecule has 0 saturated carbocycles. The van der Waals surface area contributed by atoms with Crippen LogP contribution in [0.1, 0.15) is 32.4 Å². The lowest BCUT2D eigenvalue weighted by Crippen LogP contribution is -2.47. The molecule has 8 heteroatoms. The average Bonchev–Trinajstić information content (AvgIpc) is 2.58. The van der Waals surface area contributed by atoms with Crippen LogP contribution in [0.5, 0.6) is 0 Å².